The molecule has 2 N–H and O–H groups in total. The molecule has 1 aromatic carbocycles. The van der Waals surface area contributed by atoms with E-state index in [0.29, 0.717) is 0 Å². The number of carbonyl (C=O) groups excluding carboxylic acids is 1. The van der Waals surface area contributed by atoms with Crippen molar-refractivity contribution in [2.45, 2.75) is 6.04 Å². The van der Waals surface area contributed by atoms with Crippen LogP contribution < -0.4 is 5.32 Å². The fourth-order valence-corrected chi connectivity index (χ4v) is 1.75. The molecule has 98 valence electrons. The van der Waals surface area contributed by atoms with Crippen LogP contribution in [-0.4, -0.2) is 27.6 Å². The van der Waals surface area contributed by atoms with Gasteiger partial charge in [0.2, 0.25) is 0 Å². The number of amides is 1. The Morgan fingerprint density at radius 1 is 1.32 bits per heavy atom. The zero-order chi connectivity index (χ0) is 13.7. The Kier molecular flexibility index (Phi) is 4.43. The zero-order valence-corrected chi connectivity index (χ0v) is 10.7. The van der Waals surface area contributed by atoms with E-state index in [9.17, 15) is 9.90 Å². The first-order valence-electron chi connectivity index (χ1n) is 5.65. The van der Waals surface area contributed by atoms with Crippen molar-refractivity contribution in [3.8, 4) is 0 Å². The smallest absolute Gasteiger partial charge is 0.272 e. The molecule has 19 heavy (non-hydrogen) atoms. The Balaban J connectivity index is 2.13. The maximum atomic E-state index is 12.0. The molecule has 2 aromatic rings. The first-order chi connectivity index (χ1) is 9.20. The highest BCUT2D eigenvalue weighted by atomic mass is 35.5. The number of nitrogens with zero attached hydrogens (tertiary/aromatic N) is 2. The minimum absolute atomic E-state index is 0.113. The van der Waals surface area contributed by atoms with E-state index in [4.69, 9.17) is 11.6 Å². The lowest BCUT2D eigenvalue weighted by Crippen LogP contribution is -2.31. The third kappa shape index (κ3) is 3.49. The van der Waals surface area contributed by atoms with Crippen molar-refractivity contribution >= 4 is 17.5 Å². The van der Waals surface area contributed by atoms with Crippen LogP contribution in [0.4, 0.5) is 0 Å². The third-order valence-electron chi connectivity index (χ3n) is 2.53. The number of aliphatic hydroxyl groups is 1. The molecule has 1 amide bonds. The van der Waals surface area contributed by atoms with Crippen LogP contribution in [0.5, 0.6) is 0 Å². The molecule has 0 aliphatic rings. The average Bonchev–Trinajstić information content (AvgIpc) is 2.45. The predicted molar refractivity (Wildman–Crippen MR) is 70.8 cm³/mol. The molecule has 0 spiro atoms. The Morgan fingerprint density at radius 3 is 2.68 bits per heavy atom. The van der Waals surface area contributed by atoms with Crippen molar-refractivity contribution in [2.24, 2.45) is 0 Å². The normalized spacial score (nSPS) is 11.9. The monoisotopic (exact) mass is 277 g/mol. The maximum absolute atomic E-state index is 12.0. The minimum atomic E-state index is -0.491. The quantitative estimate of drug-likeness (QED) is 0.890. The van der Waals surface area contributed by atoms with E-state index in [1.165, 1.54) is 12.4 Å². The first kappa shape index (κ1) is 13.5. The molecule has 1 atom stereocenters. The number of benzene rings is 1. The Labute approximate surface area is 115 Å². The third-order valence-corrected chi connectivity index (χ3v) is 2.71. The Hall–Kier alpha value is -1.98. The lowest BCUT2D eigenvalue weighted by atomic mass is 10.1. The summed E-state index contributed by atoms with van der Waals surface area (Å²) in [6, 6.07) is 8.69. The van der Waals surface area contributed by atoms with Crippen LogP contribution in [0.1, 0.15) is 22.1 Å². The number of halogens is 1. The van der Waals surface area contributed by atoms with E-state index in [1.807, 2.05) is 30.3 Å². The number of nitrogens with one attached hydrogen (secondary N) is 1. The number of aliphatic hydroxyl groups excluding tert-OH is 1. The van der Waals surface area contributed by atoms with Crippen LogP contribution in [0.3, 0.4) is 0 Å². The lowest BCUT2D eigenvalue weighted by molar-refractivity contribution is 0.0910. The van der Waals surface area contributed by atoms with Crippen LogP contribution in [0.2, 0.25) is 5.15 Å². The zero-order valence-electron chi connectivity index (χ0n) is 9.95. The van der Waals surface area contributed by atoms with Gasteiger partial charge >= 0.3 is 0 Å². The molecule has 0 aliphatic heterocycles. The highest BCUT2D eigenvalue weighted by molar-refractivity contribution is 6.29. The summed E-state index contributed by atoms with van der Waals surface area (Å²) >= 11 is 5.67. The van der Waals surface area contributed by atoms with Gasteiger partial charge in [-0.3, -0.25) is 9.78 Å². The lowest BCUT2D eigenvalue weighted by Gasteiger charge is -2.16. The van der Waals surface area contributed by atoms with Gasteiger partial charge in [0.15, 0.2) is 0 Å². The molecule has 6 heteroatoms. The molecule has 1 aromatic heterocycles. The van der Waals surface area contributed by atoms with E-state index >= 15 is 0 Å². The average molecular weight is 278 g/mol. The topological polar surface area (TPSA) is 75.1 Å². The molecule has 0 aliphatic carbocycles. The summed E-state index contributed by atoms with van der Waals surface area (Å²) in [5.74, 6) is -0.432. The summed E-state index contributed by atoms with van der Waals surface area (Å²) in [5, 5.41) is 12.2. The summed E-state index contributed by atoms with van der Waals surface area (Å²) < 4.78 is 0. The number of rotatable bonds is 4. The van der Waals surface area contributed by atoms with Crippen molar-refractivity contribution in [1.29, 1.82) is 0 Å². The number of carbonyl (C=O) groups is 1. The van der Waals surface area contributed by atoms with Gasteiger partial charge in [0.1, 0.15) is 10.8 Å². The van der Waals surface area contributed by atoms with Crippen LogP contribution in [-0.2, 0) is 0 Å². The summed E-state index contributed by atoms with van der Waals surface area (Å²) in [6.45, 7) is -0.205. The van der Waals surface area contributed by atoms with E-state index in [1.54, 1.807) is 0 Å². The second-order valence-electron chi connectivity index (χ2n) is 3.85. The second kappa shape index (κ2) is 6.26. The van der Waals surface area contributed by atoms with Crippen molar-refractivity contribution in [3.05, 3.63) is 59.1 Å². The van der Waals surface area contributed by atoms with Crippen molar-refractivity contribution < 1.29 is 9.90 Å². The van der Waals surface area contributed by atoms with Gasteiger partial charge in [-0.1, -0.05) is 41.9 Å². The van der Waals surface area contributed by atoms with Crippen LogP contribution >= 0.6 is 11.6 Å². The molecule has 2 rings (SSSR count). The predicted octanol–water partition coefficient (Wildman–Crippen LogP) is 1.59. The molecule has 0 saturated carbocycles. The van der Waals surface area contributed by atoms with Gasteiger partial charge in [0.25, 0.3) is 5.91 Å². The van der Waals surface area contributed by atoms with Gasteiger partial charge in [-0.25, -0.2) is 4.98 Å². The molecule has 1 heterocycles. The summed E-state index contributed by atoms with van der Waals surface area (Å²) in [7, 11) is 0. The fourth-order valence-electron chi connectivity index (χ4n) is 1.60. The Morgan fingerprint density at radius 2 is 2.05 bits per heavy atom. The van der Waals surface area contributed by atoms with Gasteiger partial charge < -0.3 is 10.4 Å². The minimum Gasteiger partial charge on any atom is -0.394 e. The molecule has 0 saturated heterocycles. The first-order valence-corrected chi connectivity index (χ1v) is 6.02. The van der Waals surface area contributed by atoms with Gasteiger partial charge in [-0.15, -0.1) is 0 Å². The molecule has 0 fully saturated rings. The van der Waals surface area contributed by atoms with Gasteiger partial charge in [-0.2, -0.15) is 0 Å². The molecule has 0 bridgehead atoms. The standard InChI is InChI=1S/C13H12ClN3O2/c14-12-7-15-6-10(16-12)13(19)17-11(8-18)9-4-2-1-3-5-9/h1-7,11,18H,8H2,(H,17,19)/t11-/m1/s1. The number of aromatic nitrogens is 2. The van der Waals surface area contributed by atoms with E-state index in [0.717, 1.165) is 5.56 Å². The Bertz CT molecular complexity index is 563. The van der Waals surface area contributed by atoms with Crippen molar-refractivity contribution in [2.75, 3.05) is 6.61 Å². The van der Waals surface area contributed by atoms with E-state index in [-0.39, 0.29) is 17.5 Å². The molecule has 0 unspecified atom stereocenters. The summed E-state index contributed by atoms with van der Waals surface area (Å²) in [4.78, 5) is 19.6. The van der Waals surface area contributed by atoms with Crippen LogP contribution in [0, 0.1) is 0 Å². The number of hydrogen-bond acceptors (Lipinski definition) is 4. The SMILES string of the molecule is O=C(N[C@H](CO)c1ccccc1)c1cncc(Cl)n1. The summed E-state index contributed by atoms with van der Waals surface area (Å²) in [6.07, 6.45) is 2.67. The van der Waals surface area contributed by atoms with Gasteiger partial charge in [-0.05, 0) is 5.56 Å². The highest BCUT2D eigenvalue weighted by Crippen LogP contribution is 2.12. The highest BCUT2D eigenvalue weighted by Gasteiger charge is 2.16. The molecule has 5 nitrogen and oxygen atoms in total. The van der Waals surface area contributed by atoms with Crippen LogP contribution in [0.15, 0.2) is 42.7 Å². The fraction of sp³-hybridized carbons (Fsp3) is 0.154. The molecular formula is C13H12ClN3O2. The van der Waals surface area contributed by atoms with Crippen molar-refractivity contribution in [3.63, 3.8) is 0 Å². The van der Waals surface area contributed by atoms with Crippen molar-refractivity contribution in [1.82, 2.24) is 15.3 Å². The maximum Gasteiger partial charge on any atom is 0.272 e. The van der Waals surface area contributed by atoms with E-state index < -0.39 is 11.9 Å². The van der Waals surface area contributed by atoms with Gasteiger partial charge in [0, 0.05) is 0 Å². The number of hydrogen-bond donors (Lipinski definition) is 2. The van der Waals surface area contributed by atoms with Crippen LogP contribution in [0.25, 0.3) is 0 Å². The summed E-state index contributed by atoms with van der Waals surface area (Å²) in [5.41, 5.74) is 0.926. The van der Waals surface area contributed by atoms with E-state index in [2.05, 4.69) is 15.3 Å². The molecule has 0 radical (unpaired) electrons. The largest absolute Gasteiger partial charge is 0.394 e. The molecular weight excluding hydrogens is 266 g/mol. The second-order valence-corrected chi connectivity index (χ2v) is 4.23. The van der Waals surface area contributed by atoms with Gasteiger partial charge in [0.05, 0.1) is 25.0 Å².